The average Bonchev–Trinajstić information content (AvgIpc) is 2.88. The summed E-state index contributed by atoms with van der Waals surface area (Å²) in [5.41, 5.74) is 2.31. The number of amides is 1. The lowest BCUT2D eigenvalue weighted by Crippen LogP contribution is -2.29. The number of hydrogen-bond donors (Lipinski definition) is 1. The van der Waals surface area contributed by atoms with E-state index in [0.717, 1.165) is 5.69 Å². The highest BCUT2D eigenvalue weighted by molar-refractivity contribution is 7.88. The van der Waals surface area contributed by atoms with Crippen LogP contribution in [-0.4, -0.2) is 41.2 Å². The molecule has 2 heterocycles. The molecule has 9 heteroatoms. The molecule has 0 saturated heterocycles. The fourth-order valence-electron chi connectivity index (χ4n) is 2.86. The van der Waals surface area contributed by atoms with Gasteiger partial charge in [-0.1, -0.05) is 6.07 Å². The smallest absolute Gasteiger partial charge is 0.251 e. The van der Waals surface area contributed by atoms with E-state index in [-0.39, 0.29) is 19.0 Å². The number of nitriles is 1. The Kier molecular flexibility index (Phi) is 5.06. The molecule has 0 spiro atoms. The van der Waals surface area contributed by atoms with Gasteiger partial charge in [-0.3, -0.25) is 9.48 Å². The number of sulfonamides is 1. The number of carbonyl (C=O) groups excluding carboxylic acids is 1. The van der Waals surface area contributed by atoms with E-state index in [1.54, 1.807) is 22.9 Å². The van der Waals surface area contributed by atoms with Crippen molar-refractivity contribution in [3.63, 3.8) is 0 Å². The maximum atomic E-state index is 12.2. The molecule has 0 saturated carbocycles. The minimum Gasteiger partial charge on any atom is -0.346 e. The monoisotopic (exact) mass is 373 g/mol. The molecular formula is C17H19N5O3S. The van der Waals surface area contributed by atoms with E-state index in [2.05, 4.69) is 10.4 Å². The lowest BCUT2D eigenvalue weighted by Gasteiger charge is -2.16. The van der Waals surface area contributed by atoms with Crippen molar-refractivity contribution in [2.45, 2.75) is 26.1 Å². The van der Waals surface area contributed by atoms with E-state index in [0.29, 0.717) is 36.3 Å². The molecule has 2 aromatic rings. The summed E-state index contributed by atoms with van der Waals surface area (Å²) in [7, 11) is -3.25. The minimum atomic E-state index is -3.25. The third kappa shape index (κ3) is 4.09. The van der Waals surface area contributed by atoms with Crippen molar-refractivity contribution in [2.75, 3.05) is 12.8 Å². The normalized spacial score (nSPS) is 14.9. The number of aromatic nitrogens is 2. The van der Waals surface area contributed by atoms with E-state index >= 15 is 0 Å². The van der Waals surface area contributed by atoms with Gasteiger partial charge in [-0.2, -0.15) is 14.7 Å². The van der Waals surface area contributed by atoms with E-state index < -0.39 is 10.0 Å². The predicted octanol–water partition coefficient (Wildman–Crippen LogP) is 0.850. The maximum absolute atomic E-state index is 12.2. The van der Waals surface area contributed by atoms with E-state index in [4.69, 9.17) is 5.26 Å². The first-order chi connectivity index (χ1) is 12.4. The topological polar surface area (TPSA) is 108 Å². The largest absolute Gasteiger partial charge is 0.346 e. The number of nitrogens with one attached hydrogen (secondary N) is 1. The molecule has 0 bridgehead atoms. The number of hydrogen-bond acceptors (Lipinski definition) is 5. The van der Waals surface area contributed by atoms with Crippen LogP contribution in [0.3, 0.4) is 0 Å². The fourth-order valence-corrected chi connectivity index (χ4v) is 3.69. The van der Waals surface area contributed by atoms with Crippen LogP contribution in [-0.2, 0) is 29.7 Å². The molecule has 3 rings (SSSR count). The molecule has 0 radical (unpaired) electrons. The van der Waals surface area contributed by atoms with Gasteiger partial charge in [0.15, 0.2) is 0 Å². The molecule has 0 unspecified atom stereocenters. The van der Waals surface area contributed by atoms with E-state index in [1.807, 2.05) is 12.1 Å². The molecule has 0 aliphatic carbocycles. The highest BCUT2D eigenvalue weighted by Gasteiger charge is 2.22. The lowest BCUT2D eigenvalue weighted by atomic mass is 10.1. The van der Waals surface area contributed by atoms with Crippen molar-refractivity contribution in [1.82, 2.24) is 19.4 Å². The molecule has 0 atom stereocenters. The quantitative estimate of drug-likeness (QED) is 0.855. The second-order valence-corrected chi connectivity index (χ2v) is 8.16. The van der Waals surface area contributed by atoms with Gasteiger partial charge in [-0.25, -0.2) is 8.42 Å². The minimum absolute atomic E-state index is 0.231. The SMILES string of the molecule is CS(=O)(=O)N1CCCn2nc(CNC(=O)c3cccc(C#N)c3)cc2C1. The number of benzene rings is 1. The first-order valence-corrected chi connectivity index (χ1v) is 10.0. The number of fused-ring (bicyclic) bond motifs is 1. The fraction of sp³-hybridized carbons (Fsp3) is 0.353. The van der Waals surface area contributed by atoms with Crippen molar-refractivity contribution in [3.8, 4) is 6.07 Å². The van der Waals surface area contributed by atoms with E-state index in [1.165, 1.54) is 16.6 Å². The Bertz CT molecular complexity index is 975. The molecule has 26 heavy (non-hydrogen) atoms. The average molecular weight is 373 g/mol. The summed E-state index contributed by atoms with van der Waals surface area (Å²) >= 11 is 0. The van der Waals surface area contributed by atoms with Gasteiger partial charge in [-0.15, -0.1) is 0 Å². The number of aryl methyl sites for hydroxylation is 1. The Morgan fingerprint density at radius 2 is 2.15 bits per heavy atom. The summed E-state index contributed by atoms with van der Waals surface area (Å²) in [6, 6.07) is 10.3. The van der Waals surface area contributed by atoms with Crippen LogP contribution in [0.1, 0.15) is 33.7 Å². The van der Waals surface area contributed by atoms with Crippen molar-refractivity contribution >= 4 is 15.9 Å². The Morgan fingerprint density at radius 1 is 1.35 bits per heavy atom. The second-order valence-electron chi connectivity index (χ2n) is 6.18. The Balaban J connectivity index is 1.69. The molecule has 1 N–H and O–H groups in total. The number of carbonyl (C=O) groups is 1. The summed E-state index contributed by atoms with van der Waals surface area (Å²) < 4.78 is 26.8. The molecular weight excluding hydrogens is 354 g/mol. The molecule has 8 nitrogen and oxygen atoms in total. The van der Waals surface area contributed by atoms with Gasteiger partial charge in [0, 0.05) is 18.7 Å². The van der Waals surface area contributed by atoms with Gasteiger partial charge in [0.25, 0.3) is 5.91 Å². The zero-order valence-corrected chi connectivity index (χ0v) is 15.2. The summed E-state index contributed by atoms with van der Waals surface area (Å²) in [5, 5.41) is 16.1. The maximum Gasteiger partial charge on any atom is 0.251 e. The van der Waals surface area contributed by atoms with Crippen LogP contribution < -0.4 is 5.32 Å². The molecule has 1 aromatic heterocycles. The number of rotatable bonds is 4. The van der Waals surface area contributed by atoms with Crippen molar-refractivity contribution in [1.29, 1.82) is 5.26 Å². The Labute approximate surface area is 152 Å². The van der Waals surface area contributed by atoms with Gasteiger partial charge in [-0.05, 0) is 30.7 Å². The lowest BCUT2D eigenvalue weighted by molar-refractivity contribution is 0.0950. The molecule has 1 aliphatic rings. The second kappa shape index (κ2) is 7.27. The van der Waals surface area contributed by atoms with Crippen LogP contribution in [0.25, 0.3) is 0 Å². The molecule has 0 fully saturated rings. The zero-order chi connectivity index (χ0) is 18.7. The highest BCUT2D eigenvalue weighted by atomic mass is 32.2. The summed E-state index contributed by atoms with van der Waals surface area (Å²) in [5.74, 6) is -0.289. The summed E-state index contributed by atoms with van der Waals surface area (Å²) in [6.45, 7) is 1.63. The first kappa shape index (κ1) is 18.1. The predicted molar refractivity (Wildman–Crippen MR) is 94.4 cm³/mol. The van der Waals surface area contributed by atoms with Crippen LogP contribution >= 0.6 is 0 Å². The molecule has 1 aromatic carbocycles. The van der Waals surface area contributed by atoms with Gasteiger partial charge < -0.3 is 5.32 Å². The van der Waals surface area contributed by atoms with Gasteiger partial charge in [0.1, 0.15) is 0 Å². The van der Waals surface area contributed by atoms with Crippen LogP contribution in [0.5, 0.6) is 0 Å². The Hall–Kier alpha value is -2.70. The van der Waals surface area contributed by atoms with Crippen LogP contribution in [0.2, 0.25) is 0 Å². The molecule has 136 valence electrons. The summed E-state index contributed by atoms with van der Waals surface area (Å²) in [6.07, 6.45) is 1.89. The zero-order valence-electron chi connectivity index (χ0n) is 14.3. The standard InChI is InChI=1S/C17H19N5O3S/c1-26(24,25)21-6-3-7-22-16(12-21)9-15(20-22)11-19-17(23)14-5-2-4-13(8-14)10-18/h2,4-5,8-9H,3,6-7,11-12H2,1H3,(H,19,23). The number of nitrogens with zero attached hydrogens (tertiary/aromatic N) is 4. The molecule has 1 aliphatic heterocycles. The molecule has 1 amide bonds. The van der Waals surface area contributed by atoms with Gasteiger partial charge >= 0.3 is 0 Å². The summed E-state index contributed by atoms with van der Waals surface area (Å²) in [4.78, 5) is 12.2. The van der Waals surface area contributed by atoms with Crippen LogP contribution in [0.15, 0.2) is 30.3 Å². The van der Waals surface area contributed by atoms with Gasteiger partial charge in [0.05, 0.1) is 42.4 Å². The van der Waals surface area contributed by atoms with Crippen molar-refractivity contribution in [2.24, 2.45) is 0 Å². The van der Waals surface area contributed by atoms with E-state index in [9.17, 15) is 13.2 Å². The third-order valence-corrected chi connectivity index (χ3v) is 5.43. The Morgan fingerprint density at radius 3 is 2.88 bits per heavy atom. The third-order valence-electron chi connectivity index (χ3n) is 4.18. The van der Waals surface area contributed by atoms with Crippen molar-refractivity contribution < 1.29 is 13.2 Å². The van der Waals surface area contributed by atoms with Crippen LogP contribution in [0.4, 0.5) is 0 Å². The van der Waals surface area contributed by atoms with Crippen molar-refractivity contribution in [3.05, 3.63) is 52.8 Å². The highest BCUT2D eigenvalue weighted by Crippen LogP contribution is 2.16. The first-order valence-electron chi connectivity index (χ1n) is 8.16. The van der Waals surface area contributed by atoms with Crippen LogP contribution in [0, 0.1) is 11.3 Å². The van der Waals surface area contributed by atoms with Gasteiger partial charge in [0.2, 0.25) is 10.0 Å².